The van der Waals surface area contributed by atoms with Gasteiger partial charge in [-0.05, 0) is 36.8 Å². The van der Waals surface area contributed by atoms with Crippen molar-refractivity contribution >= 4 is 17.8 Å². The van der Waals surface area contributed by atoms with Crippen LogP contribution in [0.3, 0.4) is 0 Å². The number of imide groups is 1. The Morgan fingerprint density at radius 2 is 1.88 bits per heavy atom. The molecule has 2 fully saturated rings. The van der Waals surface area contributed by atoms with Crippen molar-refractivity contribution < 1.29 is 14.4 Å². The van der Waals surface area contributed by atoms with E-state index in [0.29, 0.717) is 6.42 Å². The van der Waals surface area contributed by atoms with Crippen molar-refractivity contribution in [2.45, 2.75) is 62.9 Å². The lowest BCUT2D eigenvalue weighted by Crippen LogP contribution is -2.45. The number of carbonyl (C=O) groups is 3. The van der Waals surface area contributed by atoms with Gasteiger partial charge in [0.15, 0.2) is 0 Å². The second kappa shape index (κ2) is 6.74. The Bertz CT molecular complexity index is 740. The molecule has 2 aliphatic carbocycles. The van der Waals surface area contributed by atoms with E-state index in [2.05, 4.69) is 10.6 Å². The van der Waals surface area contributed by atoms with Crippen LogP contribution >= 0.6 is 0 Å². The van der Waals surface area contributed by atoms with Crippen LogP contribution in [0.1, 0.15) is 56.1 Å². The van der Waals surface area contributed by atoms with Crippen LogP contribution in [0.15, 0.2) is 24.3 Å². The molecule has 1 saturated carbocycles. The van der Waals surface area contributed by atoms with Gasteiger partial charge in [-0.2, -0.15) is 0 Å². The van der Waals surface area contributed by atoms with E-state index in [1.165, 1.54) is 12.8 Å². The number of rotatable bonds is 3. The zero-order chi connectivity index (χ0) is 18.1. The molecule has 1 aromatic carbocycles. The first kappa shape index (κ1) is 17.1. The topological polar surface area (TPSA) is 78.5 Å². The zero-order valence-electron chi connectivity index (χ0n) is 14.9. The van der Waals surface area contributed by atoms with Crippen LogP contribution < -0.4 is 10.6 Å². The predicted molar refractivity (Wildman–Crippen MR) is 96.3 cm³/mol. The predicted octanol–water partition coefficient (Wildman–Crippen LogP) is 2.22. The lowest BCUT2D eigenvalue weighted by molar-refractivity contribution is -0.135. The molecule has 0 bridgehead atoms. The molecule has 6 heteroatoms. The first-order valence-electron chi connectivity index (χ1n) is 9.62. The highest BCUT2D eigenvalue weighted by Crippen LogP contribution is 2.41. The Balaban J connectivity index is 1.46. The number of hydrogen-bond acceptors (Lipinski definition) is 3. The van der Waals surface area contributed by atoms with Crippen molar-refractivity contribution in [1.29, 1.82) is 0 Å². The van der Waals surface area contributed by atoms with E-state index in [-0.39, 0.29) is 24.4 Å². The molecule has 1 saturated heterocycles. The van der Waals surface area contributed by atoms with Gasteiger partial charge in [0.1, 0.15) is 12.1 Å². The SMILES string of the molecule is O=C(CN1C(=O)NC2(CCc3ccccc32)C1=O)NC1CCCCCC1. The minimum atomic E-state index is -0.990. The number of nitrogens with one attached hydrogen (secondary N) is 2. The van der Waals surface area contributed by atoms with Gasteiger partial charge in [0.2, 0.25) is 5.91 Å². The van der Waals surface area contributed by atoms with Crippen molar-refractivity contribution in [3.8, 4) is 0 Å². The molecule has 2 N–H and O–H groups in total. The maximum absolute atomic E-state index is 13.0. The quantitative estimate of drug-likeness (QED) is 0.645. The van der Waals surface area contributed by atoms with E-state index >= 15 is 0 Å². The fourth-order valence-electron chi connectivity index (χ4n) is 4.57. The monoisotopic (exact) mass is 355 g/mol. The summed E-state index contributed by atoms with van der Waals surface area (Å²) in [6, 6.07) is 7.40. The lowest BCUT2D eigenvalue weighted by atomic mass is 9.92. The minimum Gasteiger partial charge on any atom is -0.352 e. The lowest BCUT2D eigenvalue weighted by Gasteiger charge is -2.22. The molecule has 1 heterocycles. The Kier molecular flexibility index (Phi) is 4.42. The summed E-state index contributed by atoms with van der Waals surface area (Å²) in [5.74, 6) is -0.549. The van der Waals surface area contributed by atoms with Crippen LogP contribution in [-0.2, 0) is 21.5 Å². The zero-order valence-corrected chi connectivity index (χ0v) is 14.9. The van der Waals surface area contributed by atoms with Gasteiger partial charge in [-0.25, -0.2) is 4.79 Å². The Morgan fingerprint density at radius 1 is 1.15 bits per heavy atom. The van der Waals surface area contributed by atoms with Gasteiger partial charge in [0.05, 0.1) is 0 Å². The number of aryl methyl sites for hydroxylation is 1. The molecule has 0 aromatic heterocycles. The average molecular weight is 355 g/mol. The molecular formula is C20H25N3O3. The normalized spacial score (nSPS) is 25.9. The molecule has 1 spiro atoms. The summed E-state index contributed by atoms with van der Waals surface area (Å²) in [6.07, 6.45) is 7.92. The van der Waals surface area contributed by atoms with Gasteiger partial charge in [-0.3, -0.25) is 14.5 Å². The number of nitrogens with zero attached hydrogens (tertiary/aromatic N) is 1. The van der Waals surface area contributed by atoms with Crippen molar-refractivity contribution in [3.63, 3.8) is 0 Å². The Hall–Kier alpha value is -2.37. The summed E-state index contributed by atoms with van der Waals surface area (Å²) >= 11 is 0. The molecule has 4 rings (SSSR count). The molecule has 1 aromatic rings. The van der Waals surface area contributed by atoms with Crippen LogP contribution in [0, 0.1) is 0 Å². The molecule has 0 radical (unpaired) electrons. The maximum Gasteiger partial charge on any atom is 0.325 e. The second-order valence-corrected chi connectivity index (χ2v) is 7.64. The number of benzene rings is 1. The van der Waals surface area contributed by atoms with Crippen molar-refractivity contribution in [2.75, 3.05) is 6.54 Å². The summed E-state index contributed by atoms with van der Waals surface area (Å²) in [6.45, 7) is -0.203. The number of hydrogen-bond donors (Lipinski definition) is 2. The standard InChI is InChI=1S/C20H25N3O3/c24-17(21-15-8-3-1-2-4-9-15)13-23-18(25)20(22-19(23)26)12-11-14-7-5-6-10-16(14)20/h5-7,10,15H,1-4,8-9,11-13H2,(H,21,24)(H,22,26). The van der Waals surface area contributed by atoms with Crippen LogP contribution in [-0.4, -0.2) is 35.3 Å². The van der Waals surface area contributed by atoms with Crippen LogP contribution in [0.5, 0.6) is 0 Å². The summed E-state index contributed by atoms with van der Waals surface area (Å²) in [5.41, 5.74) is 0.965. The van der Waals surface area contributed by atoms with E-state index in [4.69, 9.17) is 0 Å². The minimum absolute atomic E-state index is 0.159. The summed E-state index contributed by atoms with van der Waals surface area (Å²) in [4.78, 5) is 39.0. The van der Waals surface area contributed by atoms with Crippen LogP contribution in [0.25, 0.3) is 0 Å². The van der Waals surface area contributed by atoms with E-state index in [9.17, 15) is 14.4 Å². The number of urea groups is 1. The maximum atomic E-state index is 13.0. The van der Waals surface area contributed by atoms with Crippen molar-refractivity contribution in [2.24, 2.45) is 0 Å². The molecule has 1 atom stereocenters. The fourth-order valence-corrected chi connectivity index (χ4v) is 4.57. The number of amides is 4. The van der Waals surface area contributed by atoms with E-state index in [0.717, 1.165) is 48.1 Å². The van der Waals surface area contributed by atoms with Crippen LogP contribution in [0.4, 0.5) is 4.79 Å². The van der Waals surface area contributed by atoms with E-state index in [1.54, 1.807) is 0 Å². The van der Waals surface area contributed by atoms with Gasteiger partial charge in [-0.15, -0.1) is 0 Å². The molecule has 4 amide bonds. The van der Waals surface area contributed by atoms with Gasteiger partial charge < -0.3 is 10.6 Å². The Labute approximate surface area is 153 Å². The van der Waals surface area contributed by atoms with Gasteiger partial charge in [0, 0.05) is 6.04 Å². The highest BCUT2D eigenvalue weighted by Gasteiger charge is 2.55. The molecule has 6 nitrogen and oxygen atoms in total. The van der Waals surface area contributed by atoms with Gasteiger partial charge in [0.25, 0.3) is 5.91 Å². The number of carbonyl (C=O) groups excluding carboxylic acids is 3. The largest absolute Gasteiger partial charge is 0.352 e. The highest BCUT2D eigenvalue weighted by atomic mass is 16.2. The Morgan fingerprint density at radius 3 is 2.65 bits per heavy atom. The average Bonchev–Trinajstić information content (AvgIpc) is 2.96. The molecular weight excluding hydrogens is 330 g/mol. The van der Waals surface area contributed by atoms with Gasteiger partial charge >= 0.3 is 6.03 Å². The second-order valence-electron chi connectivity index (χ2n) is 7.64. The van der Waals surface area contributed by atoms with E-state index in [1.807, 2.05) is 24.3 Å². The molecule has 3 aliphatic rings. The third-order valence-corrected chi connectivity index (χ3v) is 5.94. The van der Waals surface area contributed by atoms with Crippen molar-refractivity contribution in [3.05, 3.63) is 35.4 Å². The first-order valence-corrected chi connectivity index (χ1v) is 9.62. The van der Waals surface area contributed by atoms with Crippen molar-refractivity contribution in [1.82, 2.24) is 15.5 Å². The molecule has 26 heavy (non-hydrogen) atoms. The summed E-state index contributed by atoms with van der Waals surface area (Å²) in [7, 11) is 0. The van der Waals surface area contributed by atoms with Gasteiger partial charge in [-0.1, -0.05) is 49.9 Å². The molecule has 1 unspecified atom stereocenters. The third kappa shape index (κ3) is 2.87. The highest BCUT2D eigenvalue weighted by molar-refractivity contribution is 6.09. The molecule has 138 valence electrons. The third-order valence-electron chi connectivity index (χ3n) is 5.94. The molecule has 1 aliphatic heterocycles. The fraction of sp³-hybridized carbons (Fsp3) is 0.550. The smallest absolute Gasteiger partial charge is 0.325 e. The van der Waals surface area contributed by atoms with E-state index < -0.39 is 11.6 Å². The number of fused-ring (bicyclic) bond motifs is 2. The summed E-state index contributed by atoms with van der Waals surface area (Å²) in [5, 5.41) is 5.87. The van der Waals surface area contributed by atoms with Crippen LogP contribution in [0.2, 0.25) is 0 Å². The first-order chi connectivity index (χ1) is 12.6. The summed E-state index contributed by atoms with van der Waals surface area (Å²) < 4.78 is 0.